The van der Waals surface area contributed by atoms with Crippen molar-refractivity contribution in [2.24, 2.45) is 0 Å². The first-order valence-electron chi connectivity index (χ1n) is 8.23. The largest absolute Gasteiger partial charge is 0.369 e. The highest BCUT2D eigenvalue weighted by Gasteiger charge is 2.26. The van der Waals surface area contributed by atoms with Crippen molar-refractivity contribution < 1.29 is 4.39 Å². The van der Waals surface area contributed by atoms with Crippen molar-refractivity contribution in [2.75, 3.05) is 50.7 Å². The number of halogens is 1. The molecule has 116 valence electrons. The maximum absolute atomic E-state index is 13.0. The molecule has 3 nitrogen and oxygen atoms in total. The Balaban J connectivity index is 1.50. The van der Waals surface area contributed by atoms with E-state index < -0.39 is 0 Å². The van der Waals surface area contributed by atoms with Gasteiger partial charge in [0.05, 0.1) is 0 Å². The summed E-state index contributed by atoms with van der Waals surface area (Å²) in [6.45, 7) is 10.3. The molecule has 21 heavy (non-hydrogen) atoms. The van der Waals surface area contributed by atoms with Gasteiger partial charge in [0, 0.05) is 44.5 Å². The molecule has 0 N–H and O–H groups in total. The van der Waals surface area contributed by atoms with E-state index in [9.17, 15) is 4.39 Å². The average Bonchev–Trinajstić information content (AvgIpc) is 2.96. The van der Waals surface area contributed by atoms with E-state index in [1.807, 2.05) is 12.1 Å². The second-order valence-electron chi connectivity index (χ2n) is 6.19. The minimum Gasteiger partial charge on any atom is -0.369 e. The Bertz CT molecular complexity index is 440. The molecule has 0 aromatic heterocycles. The van der Waals surface area contributed by atoms with E-state index in [1.165, 1.54) is 32.5 Å². The van der Waals surface area contributed by atoms with Crippen LogP contribution in [0.25, 0.3) is 0 Å². The van der Waals surface area contributed by atoms with Gasteiger partial charge in [0.25, 0.3) is 0 Å². The number of likely N-dealkylation sites (tertiary alicyclic amines) is 1. The lowest BCUT2D eigenvalue weighted by molar-refractivity contribution is 0.170. The Morgan fingerprint density at radius 2 is 1.76 bits per heavy atom. The molecule has 1 atom stereocenters. The summed E-state index contributed by atoms with van der Waals surface area (Å²) < 4.78 is 13.0. The van der Waals surface area contributed by atoms with Crippen molar-refractivity contribution in [2.45, 2.75) is 25.8 Å². The Kier molecular flexibility index (Phi) is 4.76. The van der Waals surface area contributed by atoms with Crippen LogP contribution in [0.3, 0.4) is 0 Å². The van der Waals surface area contributed by atoms with E-state index in [4.69, 9.17) is 0 Å². The molecule has 0 radical (unpaired) electrons. The number of hydrogen-bond donors (Lipinski definition) is 0. The van der Waals surface area contributed by atoms with Crippen LogP contribution in [-0.4, -0.2) is 61.7 Å². The van der Waals surface area contributed by atoms with Crippen LogP contribution < -0.4 is 4.90 Å². The maximum atomic E-state index is 13.0. The molecule has 2 aliphatic rings. The van der Waals surface area contributed by atoms with Gasteiger partial charge in [0.15, 0.2) is 0 Å². The molecule has 0 bridgehead atoms. The lowest BCUT2D eigenvalue weighted by Crippen LogP contribution is -2.50. The van der Waals surface area contributed by atoms with Gasteiger partial charge < -0.3 is 4.90 Å². The van der Waals surface area contributed by atoms with Crippen molar-refractivity contribution in [3.63, 3.8) is 0 Å². The maximum Gasteiger partial charge on any atom is 0.123 e. The van der Waals surface area contributed by atoms with Gasteiger partial charge in [0.1, 0.15) is 5.82 Å². The zero-order valence-corrected chi connectivity index (χ0v) is 13.0. The number of anilines is 1. The van der Waals surface area contributed by atoms with Gasteiger partial charge in [0.2, 0.25) is 0 Å². The molecule has 0 amide bonds. The Morgan fingerprint density at radius 3 is 2.43 bits per heavy atom. The van der Waals surface area contributed by atoms with Gasteiger partial charge >= 0.3 is 0 Å². The van der Waals surface area contributed by atoms with Crippen LogP contribution in [0.1, 0.15) is 19.8 Å². The van der Waals surface area contributed by atoms with E-state index in [0.717, 1.165) is 37.9 Å². The zero-order valence-electron chi connectivity index (χ0n) is 13.0. The monoisotopic (exact) mass is 291 g/mol. The van der Waals surface area contributed by atoms with E-state index in [-0.39, 0.29) is 5.82 Å². The molecule has 2 fully saturated rings. The Labute approximate surface area is 127 Å². The number of likely N-dealkylation sites (N-methyl/N-ethyl adjacent to an activating group) is 1. The van der Waals surface area contributed by atoms with Gasteiger partial charge in [-0.25, -0.2) is 4.39 Å². The molecule has 2 heterocycles. The van der Waals surface area contributed by atoms with Crippen LogP contribution in [0, 0.1) is 5.82 Å². The molecule has 1 aromatic carbocycles. The van der Waals surface area contributed by atoms with Crippen LogP contribution in [-0.2, 0) is 0 Å². The third-order valence-electron chi connectivity index (χ3n) is 4.94. The molecule has 3 rings (SSSR count). The summed E-state index contributed by atoms with van der Waals surface area (Å²) >= 11 is 0. The molecule has 0 aliphatic carbocycles. The van der Waals surface area contributed by atoms with E-state index in [2.05, 4.69) is 21.6 Å². The summed E-state index contributed by atoms with van der Waals surface area (Å²) in [7, 11) is 0. The molecule has 1 aromatic rings. The lowest BCUT2D eigenvalue weighted by atomic mass is 10.2. The van der Waals surface area contributed by atoms with Crippen molar-refractivity contribution >= 4 is 5.69 Å². The predicted octanol–water partition coefficient (Wildman–Crippen LogP) is 2.43. The molecule has 2 saturated heterocycles. The van der Waals surface area contributed by atoms with Gasteiger partial charge in [-0.05, 0) is 50.2 Å². The van der Waals surface area contributed by atoms with Gasteiger partial charge in [-0.2, -0.15) is 0 Å². The fourth-order valence-corrected chi connectivity index (χ4v) is 3.66. The van der Waals surface area contributed by atoms with Crippen molar-refractivity contribution in [1.82, 2.24) is 9.80 Å². The molecular weight excluding hydrogens is 265 g/mol. The highest BCUT2D eigenvalue weighted by atomic mass is 19.1. The van der Waals surface area contributed by atoms with Crippen LogP contribution in [0.5, 0.6) is 0 Å². The van der Waals surface area contributed by atoms with E-state index in [0.29, 0.717) is 0 Å². The van der Waals surface area contributed by atoms with Crippen molar-refractivity contribution in [3.8, 4) is 0 Å². The first-order chi connectivity index (χ1) is 10.3. The SMILES string of the molecule is CCN1CCC[C@@H]1CN1CCN(c2ccc(F)cc2)CC1. The molecular formula is C17H26FN3. The summed E-state index contributed by atoms with van der Waals surface area (Å²) in [5.74, 6) is -0.154. The summed E-state index contributed by atoms with van der Waals surface area (Å²) in [4.78, 5) is 7.58. The van der Waals surface area contributed by atoms with Gasteiger partial charge in [-0.3, -0.25) is 9.80 Å². The van der Waals surface area contributed by atoms with Crippen LogP contribution in [0.4, 0.5) is 10.1 Å². The molecule has 0 unspecified atom stereocenters. The van der Waals surface area contributed by atoms with Crippen LogP contribution in [0.15, 0.2) is 24.3 Å². The molecule has 0 spiro atoms. The quantitative estimate of drug-likeness (QED) is 0.843. The zero-order chi connectivity index (χ0) is 14.7. The van der Waals surface area contributed by atoms with Crippen LogP contribution >= 0.6 is 0 Å². The number of rotatable bonds is 4. The summed E-state index contributed by atoms with van der Waals surface area (Å²) in [5, 5.41) is 0. The summed E-state index contributed by atoms with van der Waals surface area (Å²) in [6, 6.07) is 7.65. The van der Waals surface area contributed by atoms with E-state index >= 15 is 0 Å². The topological polar surface area (TPSA) is 9.72 Å². The fourth-order valence-electron chi connectivity index (χ4n) is 3.66. The fraction of sp³-hybridized carbons (Fsp3) is 0.647. The summed E-state index contributed by atoms with van der Waals surface area (Å²) in [5.41, 5.74) is 1.15. The number of nitrogens with zero attached hydrogens (tertiary/aromatic N) is 3. The van der Waals surface area contributed by atoms with E-state index in [1.54, 1.807) is 12.1 Å². The minimum absolute atomic E-state index is 0.154. The number of hydrogen-bond acceptors (Lipinski definition) is 3. The predicted molar refractivity (Wildman–Crippen MR) is 85.3 cm³/mol. The third-order valence-corrected chi connectivity index (χ3v) is 4.94. The molecule has 2 aliphatic heterocycles. The normalized spacial score (nSPS) is 24.7. The van der Waals surface area contributed by atoms with Gasteiger partial charge in [-0.15, -0.1) is 0 Å². The Hall–Kier alpha value is -1.13. The first kappa shape index (κ1) is 14.8. The highest BCUT2D eigenvalue weighted by Crippen LogP contribution is 2.20. The van der Waals surface area contributed by atoms with Gasteiger partial charge in [-0.1, -0.05) is 6.92 Å². The minimum atomic E-state index is -0.154. The molecule has 0 saturated carbocycles. The number of piperazine rings is 1. The Morgan fingerprint density at radius 1 is 1.05 bits per heavy atom. The second-order valence-corrected chi connectivity index (χ2v) is 6.19. The van der Waals surface area contributed by atoms with Crippen molar-refractivity contribution in [1.29, 1.82) is 0 Å². The second kappa shape index (κ2) is 6.75. The number of benzene rings is 1. The van der Waals surface area contributed by atoms with Crippen molar-refractivity contribution in [3.05, 3.63) is 30.1 Å². The third kappa shape index (κ3) is 3.55. The molecule has 4 heteroatoms. The standard InChI is InChI=1S/C17H26FN3/c1-2-20-9-3-4-17(20)14-19-10-12-21(13-11-19)16-7-5-15(18)6-8-16/h5-8,17H,2-4,9-14H2,1H3/t17-/m1/s1. The van der Waals surface area contributed by atoms with Crippen LogP contribution in [0.2, 0.25) is 0 Å². The summed E-state index contributed by atoms with van der Waals surface area (Å²) in [6.07, 6.45) is 2.71. The average molecular weight is 291 g/mol. The smallest absolute Gasteiger partial charge is 0.123 e. The highest BCUT2D eigenvalue weighted by molar-refractivity contribution is 5.46. The lowest BCUT2D eigenvalue weighted by Gasteiger charge is -2.38. The first-order valence-corrected chi connectivity index (χ1v) is 8.23.